The van der Waals surface area contributed by atoms with Crippen LogP contribution in [-0.4, -0.2) is 53.1 Å². The molecule has 3 rings (SSSR count). The third-order valence-electron chi connectivity index (χ3n) is 5.33. The van der Waals surface area contributed by atoms with Crippen LogP contribution in [-0.2, 0) is 6.42 Å². The highest BCUT2D eigenvalue weighted by Gasteiger charge is 2.16. The second-order valence-corrected chi connectivity index (χ2v) is 9.85. The summed E-state index contributed by atoms with van der Waals surface area (Å²) in [6.45, 7) is 10.5. The first-order chi connectivity index (χ1) is 14.9. The molecule has 2 N–H and O–H groups in total. The number of carbonyl (C=O) groups is 2. The fourth-order valence-corrected chi connectivity index (χ4v) is 4.71. The van der Waals surface area contributed by atoms with Crippen molar-refractivity contribution in [3.8, 4) is 0 Å². The van der Waals surface area contributed by atoms with E-state index in [2.05, 4.69) is 46.5 Å². The van der Waals surface area contributed by atoms with Crippen LogP contribution >= 0.6 is 11.3 Å². The Balaban J connectivity index is 1.42. The zero-order chi connectivity index (χ0) is 22.2. The van der Waals surface area contributed by atoms with E-state index in [1.807, 2.05) is 0 Å². The van der Waals surface area contributed by atoms with Gasteiger partial charge in [-0.3, -0.25) is 9.59 Å². The van der Waals surface area contributed by atoms with Gasteiger partial charge in [-0.2, -0.15) is 0 Å². The van der Waals surface area contributed by atoms with E-state index < -0.39 is 0 Å². The molecule has 0 bridgehead atoms. The van der Waals surface area contributed by atoms with E-state index in [0.717, 1.165) is 36.9 Å². The van der Waals surface area contributed by atoms with Gasteiger partial charge >= 0.3 is 0 Å². The minimum Gasteiger partial charge on any atom is -0.352 e. The molecule has 7 nitrogen and oxygen atoms in total. The lowest BCUT2D eigenvalue weighted by Gasteiger charge is -2.30. The molecule has 1 fully saturated rings. The van der Waals surface area contributed by atoms with E-state index in [4.69, 9.17) is 0 Å². The van der Waals surface area contributed by atoms with E-state index in [9.17, 15) is 9.59 Å². The van der Waals surface area contributed by atoms with E-state index in [-0.39, 0.29) is 11.8 Å². The number of nitrogens with one attached hydrogen (secondary N) is 2. The maximum Gasteiger partial charge on any atom is 0.286 e. The number of nitrogens with zero attached hydrogens (tertiary/aromatic N) is 3. The van der Waals surface area contributed by atoms with E-state index in [0.29, 0.717) is 28.7 Å². The van der Waals surface area contributed by atoms with E-state index in [1.165, 1.54) is 30.7 Å². The number of anilines is 1. The number of hydrogen-bond acceptors (Lipinski definition) is 6. The molecule has 2 heterocycles. The highest BCUT2D eigenvalue weighted by atomic mass is 32.1. The first-order valence-electron chi connectivity index (χ1n) is 11.1. The Morgan fingerprint density at radius 2 is 1.97 bits per heavy atom. The van der Waals surface area contributed by atoms with Crippen LogP contribution in [0.5, 0.6) is 0 Å². The Kier molecular flexibility index (Phi) is 8.54. The standard InChI is InChI=1S/C23H33N5O2S/c1-16(2)14-20-26-27-23(31-20)22(30)25-19-9-7-18(8-10-19)21(29)24-11-5-13-28-12-4-6-17(3)15-28/h7-10,16-17H,4-6,11-15H2,1-3H3,(H,24,29)(H,25,30)/t17-/m1/s1. The molecule has 0 spiro atoms. The highest BCUT2D eigenvalue weighted by Crippen LogP contribution is 2.17. The van der Waals surface area contributed by atoms with Crippen molar-refractivity contribution in [2.45, 2.75) is 46.5 Å². The lowest BCUT2D eigenvalue weighted by molar-refractivity contribution is 0.0949. The quantitative estimate of drug-likeness (QED) is 0.575. The Morgan fingerprint density at radius 3 is 2.68 bits per heavy atom. The van der Waals surface area contributed by atoms with Crippen LogP contribution in [0.4, 0.5) is 5.69 Å². The number of hydrogen-bond donors (Lipinski definition) is 2. The van der Waals surface area contributed by atoms with Crippen LogP contribution in [0, 0.1) is 11.8 Å². The largest absolute Gasteiger partial charge is 0.352 e. The summed E-state index contributed by atoms with van der Waals surface area (Å²) < 4.78 is 0. The van der Waals surface area contributed by atoms with Gasteiger partial charge in [0.1, 0.15) is 5.01 Å². The van der Waals surface area contributed by atoms with Gasteiger partial charge in [-0.1, -0.05) is 32.1 Å². The SMILES string of the molecule is CC(C)Cc1nnc(C(=O)Nc2ccc(C(=O)NCCCN3CCC[C@@H](C)C3)cc2)s1. The molecule has 1 aliphatic rings. The summed E-state index contributed by atoms with van der Waals surface area (Å²) >= 11 is 1.32. The molecule has 1 aromatic heterocycles. The first-order valence-corrected chi connectivity index (χ1v) is 12.0. The Labute approximate surface area is 188 Å². The zero-order valence-electron chi connectivity index (χ0n) is 18.7. The van der Waals surface area contributed by atoms with Gasteiger partial charge in [-0.15, -0.1) is 10.2 Å². The van der Waals surface area contributed by atoms with Crippen LogP contribution in [0.2, 0.25) is 0 Å². The summed E-state index contributed by atoms with van der Waals surface area (Å²) in [5.41, 5.74) is 1.21. The lowest BCUT2D eigenvalue weighted by atomic mass is 10.0. The predicted molar refractivity (Wildman–Crippen MR) is 125 cm³/mol. The van der Waals surface area contributed by atoms with Crippen molar-refractivity contribution in [1.29, 1.82) is 0 Å². The smallest absolute Gasteiger partial charge is 0.286 e. The summed E-state index contributed by atoms with van der Waals surface area (Å²) in [6, 6.07) is 6.92. The summed E-state index contributed by atoms with van der Waals surface area (Å²) in [6.07, 6.45) is 4.36. The van der Waals surface area contributed by atoms with Crippen LogP contribution in [0.15, 0.2) is 24.3 Å². The van der Waals surface area contributed by atoms with Crippen LogP contribution in [0.1, 0.15) is 65.2 Å². The number of amides is 2. The van der Waals surface area contributed by atoms with Gasteiger partial charge in [-0.25, -0.2) is 0 Å². The number of benzene rings is 1. The van der Waals surface area contributed by atoms with Gasteiger partial charge in [0.25, 0.3) is 11.8 Å². The molecule has 0 saturated carbocycles. The molecule has 0 aliphatic carbocycles. The molecule has 2 aromatic rings. The molecule has 1 saturated heterocycles. The number of likely N-dealkylation sites (tertiary alicyclic amines) is 1. The predicted octanol–water partition coefficient (Wildman–Crippen LogP) is 3.84. The molecule has 8 heteroatoms. The molecule has 1 atom stereocenters. The third-order valence-corrected chi connectivity index (χ3v) is 6.27. The molecule has 1 aliphatic heterocycles. The van der Waals surface area contributed by atoms with Crippen LogP contribution in [0.3, 0.4) is 0 Å². The fourth-order valence-electron chi connectivity index (χ4n) is 3.76. The van der Waals surface area contributed by atoms with Crippen LogP contribution < -0.4 is 10.6 Å². The number of carbonyl (C=O) groups excluding carboxylic acids is 2. The second kappa shape index (κ2) is 11.3. The molecule has 2 amide bonds. The minimum atomic E-state index is -0.281. The van der Waals surface area contributed by atoms with E-state index in [1.54, 1.807) is 24.3 Å². The van der Waals surface area contributed by atoms with Crippen molar-refractivity contribution in [2.24, 2.45) is 11.8 Å². The topological polar surface area (TPSA) is 87.2 Å². The molecular formula is C23H33N5O2S. The van der Waals surface area contributed by atoms with Crippen molar-refractivity contribution in [3.05, 3.63) is 39.8 Å². The molecule has 168 valence electrons. The Bertz CT molecular complexity index is 865. The van der Waals surface area contributed by atoms with Gasteiger partial charge in [-0.05, 0) is 68.5 Å². The third kappa shape index (κ3) is 7.40. The normalized spacial score (nSPS) is 17.0. The first kappa shape index (κ1) is 23.3. The summed E-state index contributed by atoms with van der Waals surface area (Å²) in [5.74, 6) is 0.872. The maximum atomic E-state index is 12.4. The van der Waals surface area contributed by atoms with Gasteiger partial charge in [0.15, 0.2) is 0 Å². The molecule has 31 heavy (non-hydrogen) atoms. The maximum absolute atomic E-state index is 12.4. The summed E-state index contributed by atoms with van der Waals surface area (Å²) in [7, 11) is 0. The van der Waals surface area contributed by atoms with Gasteiger partial charge < -0.3 is 15.5 Å². The highest BCUT2D eigenvalue weighted by molar-refractivity contribution is 7.13. The molecule has 0 unspecified atom stereocenters. The van der Waals surface area contributed by atoms with Crippen molar-refractivity contribution in [2.75, 3.05) is 31.5 Å². The number of piperidine rings is 1. The minimum absolute atomic E-state index is 0.0904. The summed E-state index contributed by atoms with van der Waals surface area (Å²) in [5, 5.41) is 15.1. The van der Waals surface area contributed by atoms with Crippen molar-refractivity contribution in [1.82, 2.24) is 20.4 Å². The van der Waals surface area contributed by atoms with Crippen molar-refractivity contribution >= 4 is 28.8 Å². The molecule has 1 aromatic carbocycles. The number of aromatic nitrogens is 2. The average molecular weight is 444 g/mol. The van der Waals surface area contributed by atoms with Gasteiger partial charge in [0, 0.05) is 30.8 Å². The van der Waals surface area contributed by atoms with Crippen LogP contribution in [0.25, 0.3) is 0 Å². The van der Waals surface area contributed by atoms with Gasteiger partial charge in [0.05, 0.1) is 0 Å². The number of rotatable bonds is 9. The van der Waals surface area contributed by atoms with Gasteiger partial charge in [0.2, 0.25) is 5.01 Å². The lowest BCUT2D eigenvalue weighted by Crippen LogP contribution is -2.36. The monoisotopic (exact) mass is 443 g/mol. The molecular weight excluding hydrogens is 410 g/mol. The molecule has 0 radical (unpaired) electrons. The Morgan fingerprint density at radius 1 is 1.19 bits per heavy atom. The van der Waals surface area contributed by atoms with E-state index >= 15 is 0 Å². The fraction of sp³-hybridized carbons (Fsp3) is 0.565. The second-order valence-electron chi connectivity index (χ2n) is 8.79. The average Bonchev–Trinajstić information content (AvgIpc) is 3.19. The van der Waals surface area contributed by atoms with Crippen molar-refractivity contribution in [3.63, 3.8) is 0 Å². The summed E-state index contributed by atoms with van der Waals surface area (Å²) in [4.78, 5) is 27.2. The van der Waals surface area contributed by atoms with Crippen molar-refractivity contribution < 1.29 is 9.59 Å². The Hall–Kier alpha value is -2.32. The zero-order valence-corrected chi connectivity index (χ0v) is 19.5.